The lowest BCUT2D eigenvalue weighted by Gasteiger charge is -2.61. The Morgan fingerprint density at radius 3 is 2.55 bits per heavy atom. The molecule has 8 atom stereocenters. The second-order valence-electron chi connectivity index (χ2n) is 10.3. The van der Waals surface area contributed by atoms with Crippen molar-refractivity contribution in [3.63, 3.8) is 0 Å². The number of rotatable bonds is 7. The fourth-order valence-electron chi connectivity index (χ4n) is 8.62. The van der Waals surface area contributed by atoms with E-state index in [2.05, 4.69) is 12.7 Å². The number of ether oxygens (including phenoxy) is 3. The molecule has 4 fully saturated rings. The molecule has 0 aromatic rings. The molecular formula is C25H40O4. The maximum atomic E-state index is 13.0. The molecule has 4 aliphatic rings. The number of hydrogen-bond donors (Lipinski definition) is 0. The van der Waals surface area contributed by atoms with Crippen LogP contribution in [-0.2, 0) is 19.0 Å². The summed E-state index contributed by atoms with van der Waals surface area (Å²) in [6.45, 7) is 7.22. The average molecular weight is 405 g/mol. The van der Waals surface area contributed by atoms with Crippen molar-refractivity contribution in [3.05, 3.63) is 12.7 Å². The fraction of sp³-hybridized carbons (Fsp3) is 0.880. The van der Waals surface area contributed by atoms with Crippen LogP contribution in [0.15, 0.2) is 12.7 Å². The molecule has 0 saturated heterocycles. The lowest BCUT2D eigenvalue weighted by Crippen LogP contribution is -2.58. The molecule has 0 aromatic carbocycles. The molecule has 4 nitrogen and oxygen atoms in total. The first-order chi connectivity index (χ1) is 14.0. The summed E-state index contributed by atoms with van der Waals surface area (Å²) in [6, 6.07) is 0. The lowest BCUT2D eigenvalue weighted by molar-refractivity contribution is -0.178. The monoisotopic (exact) mass is 404 g/mol. The second-order valence-corrected chi connectivity index (χ2v) is 10.3. The molecule has 4 rings (SSSR count). The fourth-order valence-corrected chi connectivity index (χ4v) is 8.62. The molecule has 0 amide bonds. The molecule has 0 radical (unpaired) electrons. The van der Waals surface area contributed by atoms with Crippen molar-refractivity contribution < 1.29 is 19.0 Å². The van der Waals surface area contributed by atoms with Crippen molar-refractivity contribution >= 4 is 5.78 Å². The van der Waals surface area contributed by atoms with Gasteiger partial charge in [-0.05, 0) is 99.7 Å². The van der Waals surface area contributed by atoms with Crippen LogP contribution in [0.4, 0.5) is 0 Å². The SMILES string of the molecule is C=C[C@H]1CCC2C3CC[C@H]4C[C@H](OCOC)CC[C@]4(COC)C3CC[C@]21C(C)=O. The Kier molecular flexibility index (Phi) is 6.26. The zero-order valence-electron chi connectivity index (χ0n) is 18.7. The van der Waals surface area contributed by atoms with Crippen molar-refractivity contribution in [1.29, 1.82) is 0 Å². The van der Waals surface area contributed by atoms with Gasteiger partial charge in [-0.3, -0.25) is 4.79 Å². The zero-order chi connectivity index (χ0) is 20.6. The number of carbonyl (C=O) groups is 1. The van der Waals surface area contributed by atoms with Crippen LogP contribution in [-0.4, -0.2) is 39.5 Å². The largest absolute Gasteiger partial charge is 0.384 e. The molecule has 0 aliphatic heterocycles. The van der Waals surface area contributed by atoms with E-state index >= 15 is 0 Å². The van der Waals surface area contributed by atoms with Gasteiger partial charge in [0.1, 0.15) is 12.6 Å². The smallest absolute Gasteiger partial charge is 0.146 e. The molecule has 0 spiro atoms. The number of allylic oxidation sites excluding steroid dienone is 1. The Hall–Kier alpha value is -0.710. The molecule has 3 unspecified atom stereocenters. The summed E-state index contributed by atoms with van der Waals surface area (Å²) in [7, 11) is 3.57. The molecule has 0 N–H and O–H groups in total. The number of Topliss-reactive ketones (excluding diaryl/α,β-unsaturated/α-hetero) is 1. The highest BCUT2D eigenvalue weighted by Crippen LogP contribution is 2.68. The maximum Gasteiger partial charge on any atom is 0.146 e. The Bertz CT molecular complexity index is 618. The molecule has 4 heteroatoms. The number of fused-ring (bicyclic) bond motifs is 5. The Morgan fingerprint density at radius 2 is 1.86 bits per heavy atom. The summed E-state index contributed by atoms with van der Waals surface area (Å²) in [6.07, 6.45) is 12.9. The van der Waals surface area contributed by atoms with Gasteiger partial charge in [-0.1, -0.05) is 6.08 Å². The Labute approximate surface area is 176 Å². The topological polar surface area (TPSA) is 44.8 Å². The van der Waals surface area contributed by atoms with Gasteiger partial charge in [-0.2, -0.15) is 0 Å². The Balaban J connectivity index is 1.61. The number of hydrogen-bond acceptors (Lipinski definition) is 4. The minimum absolute atomic E-state index is 0.136. The molecule has 4 saturated carbocycles. The van der Waals surface area contributed by atoms with Crippen LogP contribution in [0.3, 0.4) is 0 Å². The van der Waals surface area contributed by atoms with Crippen molar-refractivity contribution in [2.75, 3.05) is 27.6 Å². The Morgan fingerprint density at radius 1 is 1.03 bits per heavy atom. The number of ketones is 1. The number of methoxy groups -OCH3 is 2. The molecule has 164 valence electrons. The first-order valence-corrected chi connectivity index (χ1v) is 11.8. The number of carbonyl (C=O) groups excluding carboxylic acids is 1. The quantitative estimate of drug-likeness (QED) is 0.442. The van der Waals surface area contributed by atoms with E-state index in [0.29, 0.717) is 48.3 Å². The van der Waals surface area contributed by atoms with E-state index < -0.39 is 0 Å². The van der Waals surface area contributed by atoms with Gasteiger partial charge in [-0.15, -0.1) is 6.58 Å². The molecule has 0 heterocycles. The van der Waals surface area contributed by atoms with E-state index in [1.165, 1.54) is 32.1 Å². The van der Waals surface area contributed by atoms with Gasteiger partial charge in [0, 0.05) is 19.6 Å². The second kappa shape index (κ2) is 8.43. The molecule has 29 heavy (non-hydrogen) atoms. The summed E-state index contributed by atoms with van der Waals surface area (Å²) in [5.74, 6) is 3.36. The van der Waals surface area contributed by atoms with Gasteiger partial charge in [0.2, 0.25) is 0 Å². The van der Waals surface area contributed by atoms with Crippen LogP contribution in [0.25, 0.3) is 0 Å². The van der Waals surface area contributed by atoms with E-state index in [0.717, 1.165) is 32.3 Å². The normalized spacial score (nSPS) is 46.4. The highest BCUT2D eigenvalue weighted by molar-refractivity contribution is 5.84. The van der Waals surface area contributed by atoms with Gasteiger partial charge in [0.15, 0.2) is 0 Å². The van der Waals surface area contributed by atoms with Gasteiger partial charge < -0.3 is 14.2 Å². The van der Waals surface area contributed by atoms with Gasteiger partial charge in [-0.25, -0.2) is 0 Å². The minimum Gasteiger partial charge on any atom is -0.384 e. The van der Waals surface area contributed by atoms with E-state index in [4.69, 9.17) is 14.2 Å². The van der Waals surface area contributed by atoms with E-state index in [-0.39, 0.29) is 10.8 Å². The third kappa shape index (κ3) is 3.25. The van der Waals surface area contributed by atoms with Crippen LogP contribution in [0, 0.1) is 40.4 Å². The first-order valence-electron chi connectivity index (χ1n) is 11.8. The molecular weight excluding hydrogens is 364 g/mol. The zero-order valence-corrected chi connectivity index (χ0v) is 18.7. The minimum atomic E-state index is -0.136. The first kappa shape index (κ1) is 21.5. The summed E-state index contributed by atoms with van der Waals surface area (Å²) in [5.41, 5.74) is 0.128. The predicted molar refractivity (Wildman–Crippen MR) is 113 cm³/mol. The highest BCUT2D eigenvalue weighted by atomic mass is 16.7. The van der Waals surface area contributed by atoms with Crippen LogP contribution in [0.2, 0.25) is 0 Å². The standard InChI is InChI=1S/C25H40O4/c1-5-18-7-9-23-21-8-6-19-14-20(29-16-28-4)10-12-24(19,15-27-3)22(21)11-13-25(18,23)17(2)26/h5,18-23H,1,6-16H2,2-4H3/t18-,19-,20+,21?,22?,23?,24+,25+/m0/s1. The lowest BCUT2D eigenvalue weighted by atomic mass is 9.43. The van der Waals surface area contributed by atoms with Gasteiger partial charge >= 0.3 is 0 Å². The van der Waals surface area contributed by atoms with Crippen molar-refractivity contribution in [1.82, 2.24) is 0 Å². The summed E-state index contributed by atoms with van der Waals surface area (Å²) in [5, 5.41) is 0. The summed E-state index contributed by atoms with van der Waals surface area (Å²) < 4.78 is 17.0. The van der Waals surface area contributed by atoms with Crippen molar-refractivity contribution in [2.24, 2.45) is 40.4 Å². The maximum absolute atomic E-state index is 13.0. The molecule has 0 aromatic heterocycles. The third-order valence-corrected chi connectivity index (χ3v) is 9.67. The highest BCUT2D eigenvalue weighted by Gasteiger charge is 2.64. The average Bonchev–Trinajstić information content (AvgIpc) is 3.12. The van der Waals surface area contributed by atoms with E-state index in [9.17, 15) is 4.79 Å². The van der Waals surface area contributed by atoms with Crippen molar-refractivity contribution in [2.45, 2.75) is 70.8 Å². The summed E-state index contributed by atoms with van der Waals surface area (Å²) in [4.78, 5) is 13.0. The van der Waals surface area contributed by atoms with Crippen molar-refractivity contribution in [3.8, 4) is 0 Å². The van der Waals surface area contributed by atoms with Crippen LogP contribution < -0.4 is 0 Å². The van der Waals surface area contributed by atoms with E-state index in [1.807, 2.05) is 14.0 Å². The van der Waals surface area contributed by atoms with Crippen LogP contribution in [0.5, 0.6) is 0 Å². The molecule has 4 aliphatic carbocycles. The van der Waals surface area contributed by atoms with E-state index in [1.54, 1.807) is 7.11 Å². The van der Waals surface area contributed by atoms with Crippen LogP contribution in [0.1, 0.15) is 64.7 Å². The van der Waals surface area contributed by atoms with Gasteiger partial charge in [0.25, 0.3) is 0 Å². The third-order valence-electron chi connectivity index (χ3n) is 9.67. The van der Waals surface area contributed by atoms with Gasteiger partial charge in [0.05, 0.1) is 12.7 Å². The summed E-state index contributed by atoms with van der Waals surface area (Å²) >= 11 is 0. The molecule has 0 bridgehead atoms. The van der Waals surface area contributed by atoms with Crippen LogP contribution >= 0.6 is 0 Å². The predicted octanol–water partition coefficient (Wildman–Crippen LogP) is 5.02.